The Hall–Kier alpha value is -2.62. The van der Waals surface area contributed by atoms with Crippen LogP contribution in [-0.4, -0.2) is 28.8 Å². The first-order valence-electron chi connectivity index (χ1n) is 10.4. The number of hydrogen-bond donors (Lipinski definition) is 1. The van der Waals surface area contributed by atoms with Crippen molar-refractivity contribution in [3.8, 4) is 0 Å². The third-order valence-electron chi connectivity index (χ3n) is 5.27. The normalized spacial score (nSPS) is 12.0. The lowest BCUT2D eigenvalue weighted by Gasteiger charge is -2.32. The van der Waals surface area contributed by atoms with E-state index in [1.807, 2.05) is 71.9 Å². The van der Waals surface area contributed by atoms with Crippen LogP contribution in [0.3, 0.4) is 0 Å². The van der Waals surface area contributed by atoms with Gasteiger partial charge in [-0.1, -0.05) is 55.0 Å². The molecule has 2 aromatic rings. The molecule has 2 amide bonds. The van der Waals surface area contributed by atoms with Crippen LogP contribution in [0, 0.1) is 20.8 Å². The molecule has 0 unspecified atom stereocenters. The second-order valence-corrected chi connectivity index (χ2v) is 8.14. The number of carbonyl (C=O) groups excluding carboxylic acids is 2. The highest BCUT2D eigenvalue weighted by atomic mass is 16.2. The summed E-state index contributed by atoms with van der Waals surface area (Å²) in [6.45, 7) is 12.4. The Balaban J connectivity index is 2.36. The van der Waals surface area contributed by atoms with Gasteiger partial charge in [-0.15, -0.1) is 0 Å². The predicted molar refractivity (Wildman–Crippen MR) is 119 cm³/mol. The fraction of sp³-hybridized carbons (Fsp3) is 0.440. The molecule has 156 valence electrons. The first-order chi connectivity index (χ1) is 13.7. The van der Waals surface area contributed by atoms with Crippen LogP contribution in [0.1, 0.15) is 55.0 Å². The van der Waals surface area contributed by atoms with Gasteiger partial charge < -0.3 is 10.2 Å². The Morgan fingerprint density at radius 3 is 2.24 bits per heavy atom. The Bertz CT molecular complexity index is 858. The van der Waals surface area contributed by atoms with Gasteiger partial charge in [-0.25, -0.2) is 0 Å². The van der Waals surface area contributed by atoms with Crippen molar-refractivity contribution >= 4 is 11.8 Å². The number of nitrogens with one attached hydrogen (secondary N) is 1. The van der Waals surface area contributed by atoms with E-state index in [2.05, 4.69) is 17.4 Å². The smallest absolute Gasteiger partial charge is 0.243 e. The van der Waals surface area contributed by atoms with Crippen LogP contribution >= 0.6 is 0 Å². The number of nitrogens with zero attached hydrogens (tertiary/aromatic N) is 1. The van der Waals surface area contributed by atoms with Crippen molar-refractivity contribution < 1.29 is 9.59 Å². The van der Waals surface area contributed by atoms with Gasteiger partial charge in [0.2, 0.25) is 11.8 Å². The van der Waals surface area contributed by atoms with E-state index >= 15 is 0 Å². The third-order valence-corrected chi connectivity index (χ3v) is 5.27. The average molecular weight is 395 g/mol. The average Bonchev–Trinajstić information content (AvgIpc) is 2.65. The zero-order valence-corrected chi connectivity index (χ0v) is 18.6. The van der Waals surface area contributed by atoms with Crippen LogP contribution in [0.4, 0.5) is 0 Å². The summed E-state index contributed by atoms with van der Waals surface area (Å²) >= 11 is 0. The summed E-state index contributed by atoms with van der Waals surface area (Å²) in [6, 6.07) is 13.7. The molecule has 0 aliphatic heterocycles. The molecule has 2 rings (SSSR count). The molecule has 0 radical (unpaired) electrons. The van der Waals surface area contributed by atoms with Crippen molar-refractivity contribution in [3.05, 3.63) is 70.3 Å². The Morgan fingerprint density at radius 2 is 1.62 bits per heavy atom. The van der Waals surface area contributed by atoms with Gasteiger partial charge in [0.05, 0.1) is 6.42 Å². The number of rotatable bonds is 8. The fourth-order valence-corrected chi connectivity index (χ4v) is 3.53. The van der Waals surface area contributed by atoms with Crippen LogP contribution in [0.15, 0.2) is 42.5 Å². The second-order valence-electron chi connectivity index (χ2n) is 8.14. The summed E-state index contributed by atoms with van der Waals surface area (Å²) in [5.74, 6) is -0.113. The van der Waals surface area contributed by atoms with Crippen molar-refractivity contribution in [1.82, 2.24) is 10.2 Å². The molecule has 0 fully saturated rings. The highest BCUT2D eigenvalue weighted by Crippen LogP contribution is 2.19. The monoisotopic (exact) mass is 394 g/mol. The zero-order chi connectivity index (χ0) is 21.6. The molecule has 0 aromatic heterocycles. The van der Waals surface area contributed by atoms with Crippen LogP contribution in [0.2, 0.25) is 0 Å². The number of benzene rings is 2. The van der Waals surface area contributed by atoms with Crippen LogP contribution < -0.4 is 5.32 Å². The zero-order valence-electron chi connectivity index (χ0n) is 18.6. The molecular formula is C25H34N2O2. The van der Waals surface area contributed by atoms with Crippen molar-refractivity contribution in [2.75, 3.05) is 0 Å². The largest absolute Gasteiger partial charge is 0.352 e. The molecule has 4 nitrogen and oxygen atoms in total. The van der Waals surface area contributed by atoms with Crippen molar-refractivity contribution in [2.45, 2.75) is 73.0 Å². The SMILES string of the molecule is CC[C@H](C(=O)NC(C)C)N(Cc1ccccc1C)C(=O)Cc1cc(C)ccc1C. The van der Waals surface area contributed by atoms with Crippen molar-refractivity contribution in [3.63, 3.8) is 0 Å². The summed E-state index contributed by atoms with van der Waals surface area (Å²) in [6.07, 6.45) is 0.869. The minimum absolute atomic E-state index is 0.0206. The van der Waals surface area contributed by atoms with Gasteiger partial charge >= 0.3 is 0 Å². The van der Waals surface area contributed by atoms with E-state index in [4.69, 9.17) is 0 Å². The highest BCUT2D eigenvalue weighted by Gasteiger charge is 2.29. The quantitative estimate of drug-likeness (QED) is 0.717. The molecule has 0 spiro atoms. The van der Waals surface area contributed by atoms with Gasteiger partial charge in [0, 0.05) is 12.6 Å². The Morgan fingerprint density at radius 1 is 0.966 bits per heavy atom. The number of carbonyl (C=O) groups is 2. The standard InChI is InChI=1S/C25H34N2O2/c1-7-23(25(29)26-17(2)3)27(16-21-11-9-8-10-19(21)5)24(28)15-22-14-18(4)12-13-20(22)6/h8-14,17,23H,7,15-16H2,1-6H3,(H,26,29)/t23-/m1/s1. The molecule has 4 heteroatoms. The van der Waals surface area contributed by atoms with E-state index in [1.54, 1.807) is 4.90 Å². The molecule has 2 aromatic carbocycles. The lowest BCUT2D eigenvalue weighted by molar-refractivity contribution is -0.141. The molecule has 0 saturated carbocycles. The van der Waals surface area contributed by atoms with Gasteiger partial charge in [-0.3, -0.25) is 9.59 Å². The maximum Gasteiger partial charge on any atom is 0.243 e. The van der Waals surface area contributed by atoms with E-state index in [0.717, 1.165) is 27.8 Å². The van der Waals surface area contributed by atoms with Gasteiger partial charge in [0.25, 0.3) is 0 Å². The van der Waals surface area contributed by atoms with Crippen LogP contribution in [0.25, 0.3) is 0 Å². The molecule has 0 aliphatic carbocycles. The fourth-order valence-electron chi connectivity index (χ4n) is 3.53. The van der Waals surface area contributed by atoms with Crippen LogP contribution in [0.5, 0.6) is 0 Å². The maximum absolute atomic E-state index is 13.4. The summed E-state index contributed by atoms with van der Waals surface area (Å²) in [4.78, 5) is 28.1. The maximum atomic E-state index is 13.4. The number of amides is 2. The predicted octanol–water partition coefficient (Wildman–Crippen LogP) is 4.49. The van der Waals surface area contributed by atoms with E-state index in [9.17, 15) is 9.59 Å². The topological polar surface area (TPSA) is 49.4 Å². The van der Waals surface area contributed by atoms with Gasteiger partial charge in [0.1, 0.15) is 6.04 Å². The van der Waals surface area contributed by atoms with Crippen molar-refractivity contribution in [2.24, 2.45) is 0 Å². The number of aryl methyl sites for hydroxylation is 3. The highest BCUT2D eigenvalue weighted by molar-refractivity contribution is 5.88. The Labute approximate surface area is 175 Å². The lowest BCUT2D eigenvalue weighted by Crippen LogP contribution is -2.50. The molecule has 1 atom stereocenters. The van der Waals surface area contributed by atoms with E-state index < -0.39 is 6.04 Å². The minimum Gasteiger partial charge on any atom is -0.352 e. The second kappa shape index (κ2) is 10.2. The van der Waals surface area contributed by atoms with Gasteiger partial charge in [-0.05, 0) is 63.3 Å². The molecule has 1 N–H and O–H groups in total. The summed E-state index contributed by atoms with van der Waals surface area (Å²) in [5.41, 5.74) is 5.44. The summed E-state index contributed by atoms with van der Waals surface area (Å²) in [7, 11) is 0. The molecule has 0 bridgehead atoms. The van der Waals surface area contributed by atoms with E-state index in [0.29, 0.717) is 19.4 Å². The lowest BCUT2D eigenvalue weighted by atomic mass is 10.0. The first-order valence-corrected chi connectivity index (χ1v) is 10.4. The number of hydrogen-bond acceptors (Lipinski definition) is 2. The molecular weight excluding hydrogens is 360 g/mol. The van der Waals surface area contributed by atoms with Crippen LogP contribution in [-0.2, 0) is 22.6 Å². The van der Waals surface area contributed by atoms with E-state index in [1.165, 1.54) is 0 Å². The molecule has 0 aliphatic rings. The third kappa shape index (κ3) is 6.18. The first kappa shape index (κ1) is 22.7. The van der Waals surface area contributed by atoms with Crippen molar-refractivity contribution in [1.29, 1.82) is 0 Å². The minimum atomic E-state index is -0.491. The molecule has 0 heterocycles. The summed E-state index contributed by atoms with van der Waals surface area (Å²) < 4.78 is 0. The van der Waals surface area contributed by atoms with Gasteiger partial charge in [0.15, 0.2) is 0 Å². The molecule has 29 heavy (non-hydrogen) atoms. The molecule has 0 saturated heterocycles. The Kier molecular flexibility index (Phi) is 8.00. The van der Waals surface area contributed by atoms with E-state index in [-0.39, 0.29) is 17.9 Å². The summed E-state index contributed by atoms with van der Waals surface area (Å²) in [5, 5.41) is 2.98. The van der Waals surface area contributed by atoms with Gasteiger partial charge in [-0.2, -0.15) is 0 Å².